The summed E-state index contributed by atoms with van der Waals surface area (Å²) in [7, 11) is 0. The van der Waals surface area contributed by atoms with E-state index in [9.17, 15) is 0 Å². The first-order chi connectivity index (χ1) is 12.8. The van der Waals surface area contributed by atoms with Gasteiger partial charge in [-0.25, -0.2) is 4.98 Å². The quantitative estimate of drug-likeness (QED) is 0.396. The van der Waals surface area contributed by atoms with Gasteiger partial charge in [-0.1, -0.05) is 42.5 Å². The fraction of sp³-hybridized carbons (Fsp3) is 0.0435. The van der Waals surface area contributed by atoms with Gasteiger partial charge in [-0.15, -0.1) is 0 Å². The second-order valence-electron chi connectivity index (χ2n) is 6.39. The Morgan fingerprint density at radius 2 is 1.62 bits per heavy atom. The molecule has 0 spiro atoms. The molecule has 0 fully saturated rings. The monoisotopic (exact) mass is 336 g/mol. The Balaban J connectivity index is 1.70. The first kappa shape index (κ1) is 14.8. The summed E-state index contributed by atoms with van der Waals surface area (Å²) in [6.07, 6.45) is 3.70. The van der Waals surface area contributed by atoms with E-state index in [1.54, 1.807) is 6.20 Å². The van der Waals surface area contributed by atoms with Crippen LogP contribution in [0.3, 0.4) is 0 Å². The summed E-state index contributed by atoms with van der Waals surface area (Å²) in [5.41, 5.74) is 6.90. The number of fused-ring (bicyclic) bond motifs is 3. The second kappa shape index (κ2) is 5.81. The number of pyridine rings is 2. The number of aromatic nitrogens is 2. The van der Waals surface area contributed by atoms with Crippen molar-refractivity contribution in [3.8, 4) is 22.4 Å². The minimum atomic E-state index is 0.660. The zero-order valence-corrected chi connectivity index (χ0v) is 14.3. The van der Waals surface area contributed by atoms with Crippen LogP contribution >= 0.6 is 0 Å². The molecule has 0 saturated carbocycles. The molecule has 0 radical (unpaired) electrons. The third-order valence-corrected chi connectivity index (χ3v) is 4.75. The summed E-state index contributed by atoms with van der Waals surface area (Å²) < 4.78 is 6.04. The molecule has 5 aromatic rings. The van der Waals surface area contributed by atoms with Gasteiger partial charge in [0, 0.05) is 34.3 Å². The largest absolute Gasteiger partial charge is 0.437 e. The smallest absolute Gasteiger partial charge is 0.227 e. The van der Waals surface area contributed by atoms with Crippen molar-refractivity contribution in [1.82, 2.24) is 9.97 Å². The minimum absolute atomic E-state index is 0.660. The number of nitrogens with zero attached hydrogens (tertiary/aromatic N) is 2. The number of hydrogen-bond donors (Lipinski definition) is 0. The van der Waals surface area contributed by atoms with Crippen molar-refractivity contribution in [2.45, 2.75) is 6.92 Å². The van der Waals surface area contributed by atoms with Crippen LogP contribution in [-0.4, -0.2) is 9.97 Å². The highest BCUT2D eigenvalue weighted by Gasteiger charge is 2.14. The van der Waals surface area contributed by atoms with Crippen LogP contribution in [-0.2, 0) is 0 Å². The lowest BCUT2D eigenvalue weighted by Crippen LogP contribution is -1.90. The van der Waals surface area contributed by atoms with E-state index >= 15 is 0 Å². The molecule has 0 aliphatic heterocycles. The van der Waals surface area contributed by atoms with E-state index in [1.165, 1.54) is 11.1 Å². The number of furan rings is 1. The standard InChI is InChI=1S/C23H16N2O/c1-15-13-21(25-14-20(15)16-7-3-2-4-8-16)19-10-5-9-17-18-11-6-12-24-23(18)26-22(17)19/h2-14H,1H3. The molecule has 3 heteroatoms. The van der Waals surface area contributed by atoms with E-state index in [0.29, 0.717) is 5.71 Å². The Morgan fingerprint density at radius 3 is 2.46 bits per heavy atom. The molecule has 0 aliphatic rings. The SMILES string of the molecule is Cc1cc(-c2cccc3c2oc2ncccc23)ncc1-c1ccccc1. The second-order valence-corrected chi connectivity index (χ2v) is 6.39. The van der Waals surface area contributed by atoms with Crippen LogP contribution in [0.15, 0.2) is 83.5 Å². The van der Waals surface area contributed by atoms with Crippen molar-refractivity contribution in [3.63, 3.8) is 0 Å². The van der Waals surface area contributed by atoms with E-state index in [0.717, 1.165) is 33.2 Å². The van der Waals surface area contributed by atoms with Gasteiger partial charge in [0.15, 0.2) is 0 Å². The van der Waals surface area contributed by atoms with Gasteiger partial charge in [0.05, 0.1) is 5.69 Å². The highest BCUT2D eigenvalue weighted by Crippen LogP contribution is 2.35. The van der Waals surface area contributed by atoms with E-state index in [2.05, 4.69) is 42.2 Å². The Kier molecular flexibility index (Phi) is 3.32. The predicted octanol–water partition coefficient (Wildman–Crippen LogP) is 6.02. The van der Waals surface area contributed by atoms with Crippen LogP contribution < -0.4 is 0 Å². The summed E-state index contributed by atoms with van der Waals surface area (Å²) >= 11 is 0. The average Bonchev–Trinajstić information content (AvgIpc) is 3.07. The minimum Gasteiger partial charge on any atom is -0.437 e. The Morgan fingerprint density at radius 1 is 0.769 bits per heavy atom. The molecule has 5 rings (SSSR count). The molecule has 0 unspecified atom stereocenters. The van der Waals surface area contributed by atoms with Crippen molar-refractivity contribution >= 4 is 22.1 Å². The van der Waals surface area contributed by atoms with Crippen LogP contribution in [0, 0.1) is 6.92 Å². The van der Waals surface area contributed by atoms with Crippen molar-refractivity contribution < 1.29 is 4.42 Å². The Hall–Kier alpha value is -3.46. The Labute approximate surface area is 151 Å². The van der Waals surface area contributed by atoms with Gasteiger partial charge in [0.1, 0.15) is 5.58 Å². The fourth-order valence-corrected chi connectivity index (χ4v) is 3.46. The van der Waals surface area contributed by atoms with Crippen LogP contribution in [0.1, 0.15) is 5.56 Å². The molecular weight excluding hydrogens is 320 g/mol. The molecule has 3 aromatic heterocycles. The van der Waals surface area contributed by atoms with Gasteiger partial charge in [0.2, 0.25) is 5.71 Å². The molecule has 0 bridgehead atoms. The van der Waals surface area contributed by atoms with E-state index in [1.807, 2.05) is 42.6 Å². The van der Waals surface area contributed by atoms with Crippen LogP contribution in [0.25, 0.3) is 44.5 Å². The van der Waals surface area contributed by atoms with Gasteiger partial charge in [-0.05, 0) is 42.3 Å². The highest BCUT2D eigenvalue weighted by atomic mass is 16.3. The molecule has 26 heavy (non-hydrogen) atoms. The zero-order chi connectivity index (χ0) is 17.5. The van der Waals surface area contributed by atoms with Gasteiger partial charge < -0.3 is 4.42 Å². The van der Waals surface area contributed by atoms with E-state index < -0.39 is 0 Å². The average molecular weight is 336 g/mol. The molecule has 2 aromatic carbocycles. The number of hydrogen-bond acceptors (Lipinski definition) is 3. The lowest BCUT2D eigenvalue weighted by atomic mass is 10.00. The lowest BCUT2D eigenvalue weighted by molar-refractivity contribution is 0.655. The fourth-order valence-electron chi connectivity index (χ4n) is 3.46. The van der Waals surface area contributed by atoms with Crippen LogP contribution in [0.2, 0.25) is 0 Å². The molecule has 124 valence electrons. The molecule has 0 aliphatic carbocycles. The maximum absolute atomic E-state index is 6.04. The van der Waals surface area contributed by atoms with E-state index in [-0.39, 0.29) is 0 Å². The molecule has 0 N–H and O–H groups in total. The van der Waals surface area contributed by atoms with Crippen molar-refractivity contribution in [2.24, 2.45) is 0 Å². The summed E-state index contributed by atoms with van der Waals surface area (Å²) in [6, 6.07) is 22.6. The topological polar surface area (TPSA) is 38.9 Å². The first-order valence-electron chi connectivity index (χ1n) is 8.60. The van der Waals surface area contributed by atoms with Gasteiger partial charge in [0.25, 0.3) is 0 Å². The summed E-state index contributed by atoms with van der Waals surface area (Å²) in [5, 5.41) is 2.10. The molecule has 0 atom stereocenters. The number of aryl methyl sites for hydroxylation is 1. The Bertz CT molecular complexity index is 1240. The van der Waals surface area contributed by atoms with Crippen molar-refractivity contribution in [2.75, 3.05) is 0 Å². The number of para-hydroxylation sites is 1. The van der Waals surface area contributed by atoms with Crippen LogP contribution in [0.5, 0.6) is 0 Å². The normalized spacial score (nSPS) is 11.3. The lowest BCUT2D eigenvalue weighted by Gasteiger charge is -2.08. The number of benzene rings is 2. The van der Waals surface area contributed by atoms with Crippen molar-refractivity contribution in [3.05, 3.63) is 84.7 Å². The molecule has 0 saturated heterocycles. The van der Waals surface area contributed by atoms with Crippen molar-refractivity contribution in [1.29, 1.82) is 0 Å². The first-order valence-corrected chi connectivity index (χ1v) is 8.60. The maximum Gasteiger partial charge on any atom is 0.227 e. The maximum atomic E-state index is 6.04. The summed E-state index contributed by atoms with van der Waals surface area (Å²) in [6.45, 7) is 2.12. The van der Waals surface area contributed by atoms with E-state index in [4.69, 9.17) is 9.40 Å². The molecule has 3 nitrogen and oxygen atoms in total. The predicted molar refractivity (Wildman–Crippen MR) is 105 cm³/mol. The van der Waals surface area contributed by atoms with Gasteiger partial charge >= 0.3 is 0 Å². The summed E-state index contributed by atoms with van der Waals surface area (Å²) in [5.74, 6) is 0. The molecule has 3 heterocycles. The third-order valence-electron chi connectivity index (χ3n) is 4.75. The van der Waals surface area contributed by atoms with Gasteiger partial charge in [-0.3, -0.25) is 4.98 Å². The highest BCUT2D eigenvalue weighted by molar-refractivity contribution is 6.08. The molecule has 0 amide bonds. The zero-order valence-electron chi connectivity index (χ0n) is 14.3. The van der Waals surface area contributed by atoms with Crippen LogP contribution in [0.4, 0.5) is 0 Å². The number of rotatable bonds is 2. The summed E-state index contributed by atoms with van der Waals surface area (Å²) in [4.78, 5) is 9.06. The third kappa shape index (κ3) is 2.29. The van der Waals surface area contributed by atoms with Gasteiger partial charge in [-0.2, -0.15) is 0 Å². The molecular formula is C23H16N2O.